The number of carboxylic acid groups (broad SMARTS) is 1. The van der Waals surface area contributed by atoms with Crippen molar-refractivity contribution in [2.75, 3.05) is 38.2 Å². The second kappa shape index (κ2) is 12.7. The van der Waals surface area contributed by atoms with Crippen molar-refractivity contribution in [2.45, 2.75) is 50.4 Å². The summed E-state index contributed by atoms with van der Waals surface area (Å²) in [5.41, 5.74) is 1.51. The van der Waals surface area contributed by atoms with E-state index in [1.165, 1.54) is 11.0 Å². The summed E-state index contributed by atoms with van der Waals surface area (Å²) in [4.78, 5) is 27.2. The molecule has 1 amide bonds. The molecule has 3 atom stereocenters. The third-order valence-electron chi connectivity index (χ3n) is 10.3. The number of halogens is 1. The van der Waals surface area contributed by atoms with Crippen LogP contribution in [0.15, 0.2) is 72.8 Å². The van der Waals surface area contributed by atoms with Crippen molar-refractivity contribution in [3.8, 4) is 28.6 Å². The number of hydrogen-bond donors (Lipinski definition) is 2. The van der Waals surface area contributed by atoms with Crippen LogP contribution in [0.1, 0.15) is 31.2 Å². The first-order valence-corrected chi connectivity index (χ1v) is 16.9. The number of aromatic hydroxyl groups is 1. The van der Waals surface area contributed by atoms with Gasteiger partial charge in [0.2, 0.25) is 0 Å². The van der Waals surface area contributed by atoms with Crippen LogP contribution in [0.2, 0.25) is 0 Å². The molecule has 0 spiro atoms. The number of likely N-dealkylation sites (N-methyl/N-ethyl adjacent to an activating group) is 1. The molecule has 0 saturated carbocycles. The second-order valence-electron chi connectivity index (χ2n) is 13.3. The highest BCUT2D eigenvalue weighted by molar-refractivity contribution is 6.03. The van der Waals surface area contributed by atoms with E-state index in [1.807, 2.05) is 65.6 Å². The summed E-state index contributed by atoms with van der Waals surface area (Å²) in [6, 6.07) is 22.4. The lowest BCUT2D eigenvalue weighted by atomic mass is 9.95. The third kappa shape index (κ3) is 5.82. The van der Waals surface area contributed by atoms with Crippen molar-refractivity contribution in [1.82, 2.24) is 19.8 Å². The van der Waals surface area contributed by atoms with Crippen molar-refractivity contribution >= 4 is 33.6 Å². The van der Waals surface area contributed by atoms with Gasteiger partial charge in [-0.25, -0.2) is 9.18 Å². The van der Waals surface area contributed by atoms with Crippen molar-refractivity contribution in [2.24, 2.45) is 0 Å². The zero-order chi connectivity index (χ0) is 33.6. The molecule has 0 radical (unpaired) electrons. The topological polar surface area (TPSA) is 111 Å². The molecule has 11 heteroatoms. The van der Waals surface area contributed by atoms with Crippen LogP contribution in [0.3, 0.4) is 0 Å². The normalized spacial score (nSPS) is 20.7. The Bertz CT molecular complexity index is 2030. The van der Waals surface area contributed by atoms with Crippen molar-refractivity contribution < 1.29 is 28.9 Å². The molecule has 3 aliphatic rings. The molecule has 3 fully saturated rings. The first kappa shape index (κ1) is 31.1. The predicted molar refractivity (Wildman–Crippen MR) is 185 cm³/mol. The van der Waals surface area contributed by atoms with E-state index in [4.69, 9.17) is 14.5 Å². The first-order chi connectivity index (χ1) is 23.8. The number of aromatic nitrogens is 2. The highest BCUT2D eigenvalue weighted by atomic mass is 19.1. The minimum atomic E-state index is -0.931. The van der Waals surface area contributed by atoms with E-state index in [1.54, 1.807) is 6.07 Å². The molecule has 0 aliphatic carbocycles. The van der Waals surface area contributed by atoms with Crippen LogP contribution >= 0.6 is 0 Å². The number of benzene rings is 4. The van der Waals surface area contributed by atoms with Crippen molar-refractivity contribution in [3.05, 3.63) is 84.2 Å². The lowest BCUT2D eigenvalue weighted by Gasteiger charge is -2.40. The molecule has 4 heterocycles. The number of phenolic OH excluding ortho intramolecular Hbond substituents is 1. The second-order valence-corrected chi connectivity index (χ2v) is 13.3. The molecule has 10 nitrogen and oxygen atoms in total. The zero-order valence-electron chi connectivity index (χ0n) is 27.3. The number of hydrogen-bond acceptors (Lipinski definition) is 8. The van der Waals surface area contributed by atoms with Crippen LogP contribution in [0, 0.1) is 5.82 Å². The van der Waals surface area contributed by atoms with Crippen LogP contribution in [0.25, 0.3) is 32.8 Å². The first-order valence-electron chi connectivity index (χ1n) is 16.9. The summed E-state index contributed by atoms with van der Waals surface area (Å²) in [6.45, 7) is 2.46. The molecule has 8 rings (SSSR count). The average Bonchev–Trinajstić information content (AvgIpc) is 3.65. The van der Waals surface area contributed by atoms with Gasteiger partial charge in [0, 0.05) is 24.5 Å². The van der Waals surface area contributed by atoms with Gasteiger partial charge in [-0.1, -0.05) is 54.6 Å². The van der Waals surface area contributed by atoms with Gasteiger partial charge in [0.1, 0.15) is 36.0 Å². The summed E-state index contributed by atoms with van der Waals surface area (Å²) in [5, 5.41) is 23.4. The highest BCUT2D eigenvalue weighted by Gasteiger charge is 2.43. The maximum atomic E-state index is 17.1. The Kier molecular flexibility index (Phi) is 8.07. The van der Waals surface area contributed by atoms with E-state index < -0.39 is 11.9 Å². The number of anilines is 1. The van der Waals surface area contributed by atoms with Gasteiger partial charge in [0.25, 0.3) is 0 Å². The maximum Gasteiger partial charge on any atom is 0.407 e. The number of phenols is 1. The molecule has 4 aromatic carbocycles. The lowest BCUT2D eigenvalue weighted by molar-refractivity contribution is 0.114. The monoisotopic (exact) mass is 663 g/mol. The number of ether oxygens (including phenoxy) is 2. The Labute approximate surface area is 283 Å². The fraction of sp³-hybridized carbons (Fsp3) is 0.342. The molecular weight excluding hydrogens is 625 g/mol. The largest absolute Gasteiger partial charge is 0.507 e. The van der Waals surface area contributed by atoms with Crippen molar-refractivity contribution in [3.63, 3.8) is 0 Å². The minimum absolute atomic E-state index is 0.00996. The molecule has 3 aliphatic heterocycles. The average molecular weight is 664 g/mol. The molecule has 2 bridgehead atoms. The number of likely N-dealkylation sites (tertiary alicyclic amines) is 1. The Morgan fingerprint density at radius 3 is 2.43 bits per heavy atom. The van der Waals surface area contributed by atoms with Crippen LogP contribution in [-0.4, -0.2) is 87.5 Å². The molecule has 1 unspecified atom stereocenters. The van der Waals surface area contributed by atoms with Gasteiger partial charge >= 0.3 is 12.1 Å². The quantitative estimate of drug-likeness (QED) is 0.188. The van der Waals surface area contributed by atoms with Gasteiger partial charge in [-0.15, -0.1) is 0 Å². The van der Waals surface area contributed by atoms with Gasteiger partial charge in [-0.05, 0) is 79.4 Å². The van der Waals surface area contributed by atoms with Crippen LogP contribution < -0.4 is 14.4 Å². The SMILES string of the molecule is CN1CCCC1COc1nc(N2C[C@H]3CC[C@@H](C2)N3C(=O)O)c2cc(O)c(-c3cc(OCc4ccccc4)cc4ccccc34)c(F)c2n1. The number of carbonyl (C=O) groups is 1. The van der Waals surface area contributed by atoms with E-state index in [9.17, 15) is 15.0 Å². The summed E-state index contributed by atoms with van der Waals surface area (Å²) in [6.07, 6.45) is 2.62. The standard InChI is InChI=1S/C38H38FN5O5/c1-42-15-7-11-27(42)22-49-37-40-35-31(36(41-37)43-19-25-13-14-26(20-43)44(25)38(46)47)18-32(45)33(34(35)39)30-17-28(16-24-10-5-6-12-29(24)30)48-21-23-8-3-2-4-9-23/h2-6,8-10,12,16-18,25-27,45H,7,11,13-15,19-22H2,1H3,(H,46,47)/t25-,26+,27?. The van der Waals surface area contributed by atoms with E-state index in [0.717, 1.165) is 48.6 Å². The molecule has 49 heavy (non-hydrogen) atoms. The zero-order valence-corrected chi connectivity index (χ0v) is 27.3. The fourth-order valence-electron chi connectivity index (χ4n) is 7.80. The summed E-state index contributed by atoms with van der Waals surface area (Å²) < 4.78 is 29.5. The number of nitrogens with zero attached hydrogens (tertiary/aromatic N) is 5. The van der Waals surface area contributed by atoms with Crippen LogP contribution in [-0.2, 0) is 6.61 Å². The van der Waals surface area contributed by atoms with Crippen LogP contribution in [0.4, 0.5) is 15.0 Å². The highest BCUT2D eigenvalue weighted by Crippen LogP contribution is 2.44. The lowest BCUT2D eigenvalue weighted by Crippen LogP contribution is -2.55. The van der Waals surface area contributed by atoms with E-state index in [-0.39, 0.29) is 41.0 Å². The van der Waals surface area contributed by atoms with Crippen LogP contribution in [0.5, 0.6) is 17.5 Å². The van der Waals surface area contributed by atoms with Gasteiger partial charge in [-0.3, -0.25) is 4.90 Å². The molecule has 3 saturated heterocycles. The van der Waals surface area contributed by atoms with Gasteiger partial charge in [0.05, 0.1) is 17.6 Å². The molecule has 252 valence electrons. The van der Waals surface area contributed by atoms with Crippen molar-refractivity contribution in [1.29, 1.82) is 0 Å². The molecule has 5 aromatic rings. The Morgan fingerprint density at radius 2 is 1.69 bits per heavy atom. The summed E-state index contributed by atoms with van der Waals surface area (Å²) in [7, 11) is 2.06. The Morgan fingerprint density at radius 1 is 0.939 bits per heavy atom. The smallest absolute Gasteiger partial charge is 0.407 e. The van der Waals surface area contributed by atoms with E-state index in [0.29, 0.717) is 48.8 Å². The van der Waals surface area contributed by atoms with Gasteiger partial charge in [-0.2, -0.15) is 9.97 Å². The van der Waals surface area contributed by atoms with Gasteiger partial charge in [0.15, 0.2) is 5.82 Å². The van der Waals surface area contributed by atoms with E-state index in [2.05, 4.69) is 16.9 Å². The number of fused-ring (bicyclic) bond motifs is 4. The molecule has 2 N–H and O–H groups in total. The Balaban J connectivity index is 1.24. The molecular formula is C38H38FN5O5. The summed E-state index contributed by atoms with van der Waals surface area (Å²) in [5.74, 6) is 0.0103. The number of rotatable bonds is 8. The number of amides is 1. The molecule has 1 aromatic heterocycles. The predicted octanol–water partition coefficient (Wildman–Crippen LogP) is 6.68. The fourth-order valence-corrected chi connectivity index (χ4v) is 7.80. The van der Waals surface area contributed by atoms with E-state index >= 15 is 4.39 Å². The third-order valence-corrected chi connectivity index (χ3v) is 10.3. The minimum Gasteiger partial charge on any atom is -0.507 e. The maximum absolute atomic E-state index is 17.1. The summed E-state index contributed by atoms with van der Waals surface area (Å²) >= 11 is 0. The Hall–Kier alpha value is -5.16. The number of piperazine rings is 1. The van der Waals surface area contributed by atoms with Gasteiger partial charge < -0.3 is 29.5 Å².